The van der Waals surface area contributed by atoms with Crippen LogP contribution in [0.3, 0.4) is 0 Å². The average Bonchev–Trinajstić information content (AvgIpc) is 2.45. The first-order valence-electron chi connectivity index (χ1n) is 6.46. The van der Waals surface area contributed by atoms with Gasteiger partial charge < -0.3 is 15.8 Å². The van der Waals surface area contributed by atoms with Gasteiger partial charge in [-0.15, -0.1) is 0 Å². The average molecular weight is 288 g/mol. The lowest BCUT2D eigenvalue weighted by atomic mass is 10.1. The van der Waals surface area contributed by atoms with Crippen LogP contribution in [0, 0.1) is 12.7 Å². The molecule has 0 aliphatic carbocycles. The molecule has 0 spiro atoms. The Morgan fingerprint density at radius 1 is 1.33 bits per heavy atom. The van der Waals surface area contributed by atoms with Crippen LogP contribution in [-0.2, 0) is 11.3 Å². The number of ether oxygens (including phenoxy) is 1. The predicted molar refractivity (Wildman–Crippen MR) is 80.7 cm³/mol. The highest BCUT2D eigenvalue weighted by atomic mass is 19.1. The first-order valence-corrected chi connectivity index (χ1v) is 6.46. The van der Waals surface area contributed by atoms with E-state index in [-0.39, 0.29) is 11.3 Å². The van der Waals surface area contributed by atoms with Crippen molar-refractivity contribution in [2.75, 3.05) is 18.2 Å². The number of carbonyl (C=O) groups excluding carboxylic acids is 1. The van der Waals surface area contributed by atoms with E-state index in [4.69, 9.17) is 10.5 Å². The molecule has 0 radical (unpaired) electrons. The number of amides is 1. The van der Waals surface area contributed by atoms with Crippen molar-refractivity contribution in [2.45, 2.75) is 13.5 Å². The predicted octanol–water partition coefficient (Wildman–Crippen LogP) is 3.12. The van der Waals surface area contributed by atoms with Gasteiger partial charge in [-0.05, 0) is 36.8 Å². The molecule has 2 rings (SSSR count). The van der Waals surface area contributed by atoms with Crippen LogP contribution >= 0.6 is 0 Å². The maximum Gasteiger partial charge on any atom is 0.255 e. The maximum atomic E-state index is 13.6. The number of nitrogens with one attached hydrogen (secondary N) is 1. The zero-order chi connectivity index (χ0) is 15.4. The first-order chi connectivity index (χ1) is 10.0. The Kier molecular flexibility index (Phi) is 4.55. The number of methoxy groups -OCH3 is 1. The smallest absolute Gasteiger partial charge is 0.255 e. The summed E-state index contributed by atoms with van der Waals surface area (Å²) in [5.74, 6) is -0.900. The van der Waals surface area contributed by atoms with Gasteiger partial charge in [0, 0.05) is 29.6 Å². The van der Waals surface area contributed by atoms with Gasteiger partial charge in [0.15, 0.2) is 0 Å². The van der Waals surface area contributed by atoms with Crippen molar-refractivity contribution in [1.29, 1.82) is 0 Å². The van der Waals surface area contributed by atoms with Crippen molar-refractivity contribution in [2.24, 2.45) is 0 Å². The van der Waals surface area contributed by atoms with E-state index >= 15 is 0 Å². The maximum absolute atomic E-state index is 13.6. The number of halogens is 1. The standard InChI is InChI=1S/C16H17FN2O2/c1-10-14(17)7-12(8-15(10)18)16(20)19-13-5-3-4-11(6-13)9-21-2/h3-8H,9,18H2,1-2H3,(H,19,20). The summed E-state index contributed by atoms with van der Waals surface area (Å²) in [5, 5.41) is 2.71. The Bertz CT molecular complexity index is 648. The molecule has 3 N–H and O–H groups in total. The van der Waals surface area contributed by atoms with Crippen LogP contribution < -0.4 is 11.1 Å². The molecule has 5 heteroatoms. The van der Waals surface area contributed by atoms with Crippen molar-refractivity contribution in [3.8, 4) is 0 Å². The van der Waals surface area contributed by atoms with Crippen molar-refractivity contribution in [3.63, 3.8) is 0 Å². The van der Waals surface area contributed by atoms with Crippen LogP contribution in [0.2, 0.25) is 0 Å². The molecular formula is C16H17FN2O2. The molecule has 0 fully saturated rings. The highest BCUT2D eigenvalue weighted by Crippen LogP contribution is 2.19. The van der Waals surface area contributed by atoms with Gasteiger partial charge in [-0.1, -0.05) is 12.1 Å². The molecule has 4 nitrogen and oxygen atoms in total. The van der Waals surface area contributed by atoms with E-state index in [1.807, 2.05) is 12.1 Å². The third kappa shape index (κ3) is 3.58. The van der Waals surface area contributed by atoms with Gasteiger partial charge in [-0.2, -0.15) is 0 Å². The van der Waals surface area contributed by atoms with Crippen LogP contribution in [0.4, 0.5) is 15.8 Å². The summed E-state index contributed by atoms with van der Waals surface area (Å²) in [6.07, 6.45) is 0. The van der Waals surface area contributed by atoms with Crippen molar-refractivity contribution >= 4 is 17.3 Å². The lowest BCUT2D eigenvalue weighted by Crippen LogP contribution is -2.13. The minimum absolute atomic E-state index is 0.188. The molecule has 0 saturated carbocycles. The highest BCUT2D eigenvalue weighted by molar-refractivity contribution is 6.04. The normalized spacial score (nSPS) is 10.4. The quantitative estimate of drug-likeness (QED) is 0.850. The Hall–Kier alpha value is -2.40. The fraction of sp³-hybridized carbons (Fsp3) is 0.188. The van der Waals surface area contributed by atoms with Gasteiger partial charge in [0.25, 0.3) is 5.91 Å². The number of hydrogen-bond donors (Lipinski definition) is 2. The van der Waals surface area contributed by atoms with Crippen LogP contribution in [0.5, 0.6) is 0 Å². The largest absolute Gasteiger partial charge is 0.398 e. The summed E-state index contributed by atoms with van der Waals surface area (Å²) in [6.45, 7) is 2.02. The number of nitrogens with two attached hydrogens (primary N) is 1. The summed E-state index contributed by atoms with van der Waals surface area (Å²) in [5.41, 5.74) is 8.02. The van der Waals surface area contributed by atoms with Crippen molar-refractivity contribution in [3.05, 3.63) is 58.9 Å². The van der Waals surface area contributed by atoms with E-state index in [0.29, 0.717) is 17.9 Å². The molecule has 0 aliphatic heterocycles. The molecule has 2 aromatic carbocycles. The molecule has 0 atom stereocenters. The van der Waals surface area contributed by atoms with Gasteiger partial charge in [-0.25, -0.2) is 4.39 Å². The zero-order valence-electron chi connectivity index (χ0n) is 11.9. The van der Waals surface area contributed by atoms with Gasteiger partial charge >= 0.3 is 0 Å². The summed E-state index contributed by atoms with van der Waals surface area (Å²) in [4.78, 5) is 12.1. The van der Waals surface area contributed by atoms with E-state index in [9.17, 15) is 9.18 Å². The molecule has 1 amide bonds. The molecule has 110 valence electrons. The first kappa shape index (κ1) is 15.0. The third-order valence-electron chi connectivity index (χ3n) is 3.14. The van der Waals surface area contributed by atoms with E-state index in [1.54, 1.807) is 26.2 Å². The summed E-state index contributed by atoms with van der Waals surface area (Å²) < 4.78 is 18.7. The fourth-order valence-electron chi connectivity index (χ4n) is 1.94. The molecule has 0 heterocycles. The Morgan fingerprint density at radius 3 is 2.76 bits per heavy atom. The van der Waals surface area contributed by atoms with Gasteiger partial charge in [-0.3, -0.25) is 4.79 Å². The molecule has 0 bridgehead atoms. The Balaban J connectivity index is 2.20. The highest BCUT2D eigenvalue weighted by Gasteiger charge is 2.11. The molecule has 0 saturated heterocycles. The minimum atomic E-state index is -0.492. The number of benzene rings is 2. The lowest BCUT2D eigenvalue weighted by Gasteiger charge is -2.09. The molecule has 0 aromatic heterocycles. The van der Waals surface area contributed by atoms with Gasteiger partial charge in [0.05, 0.1) is 6.61 Å². The summed E-state index contributed by atoms with van der Waals surface area (Å²) in [7, 11) is 1.60. The van der Waals surface area contributed by atoms with E-state index in [2.05, 4.69) is 5.32 Å². The fourth-order valence-corrected chi connectivity index (χ4v) is 1.94. The SMILES string of the molecule is COCc1cccc(NC(=O)c2cc(N)c(C)c(F)c2)c1. The van der Waals surface area contributed by atoms with E-state index in [1.165, 1.54) is 12.1 Å². The second kappa shape index (κ2) is 6.37. The molecule has 21 heavy (non-hydrogen) atoms. The summed E-state index contributed by atoms with van der Waals surface area (Å²) in [6, 6.07) is 9.91. The Labute approximate surface area is 122 Å². The van der Waals surface area contributed by atoms with E-state index < -0.39 is 11.7 Å². The monoisotopic (exact) mass is 288 g/mol. The topological polar surface area (TPSA) is 64.3 Å². The lowest BCUT2D eigenvalue weighted by molar-refractivity contribution is 0.102. The molecule has 0 aliphatic rings. The number of anilines is 2. The zero-order valence-corrected chi connectivity index (χ0v) is 11.9. The number of nitrogen functional groups attached to an aromatic ring is 1. The third-order valence-corrected chi connectivity index (χ3v) is 3.14. The summed E-state index contributed by atoms with van der Waals surface area (Å²) >= 11 is 0. The van der Waals surface area contributed by atoms with Crippen molar-refractivity contribution in [1.82, 2.24) is 0 Å². The number of hydrogen-bond acceptors (Lipinski definition) is 3. The van der Waals surface area contributed by atoms with Gasteiger partial charge in [0.1, 0.15) is 5.82 Å². The van der Waals surface area contributed by atoms with E-state index in [0.717, 1.165) is 5.56 Å². The number of rotatable bonds is 4. The van der Waals surface area contributed by atoms with Crippen LogP contribution in [0.1, 0.15) is 21.5 Å². The van der Waals surface area contributed by atoms with Crippen molar-refractivity contribution < 1.29 is 13.9 Å². The second-order valence-corrected chi connectivity index (χ2v) is 4.76. The second-order valence-electron chi connectivity index (χ2n) is 4.76. The van der Waals surface area contributed by atoms with Crippen LogP contribution in [-0.4, -0.2) is 13.0 Å². The molecular weight excluding hydrogens is 271 g/mol. The van der Waals surface area contributed by atoms with Crippen LogP contribution in [0.15, 0.2) is 36.4 Å². The minimum Gasteiger partial charge on any atom is -0.398 e. The number of carbonyl (C=O) groups is 1. The van der Waals surface area contributed by atoms with Gasteiger partial charge in [0.2, 0.25) is 0 Å². The van der Waals surface area contributed by atoms with Crippen LogP contribution in [0.25, 0.3) is 0 Å². The molecule has 0 unspecified atom stereocenters. The Morgan fingerprint density at radius 2 is 2.10 bits per heavy atom. The molecule has 2 aromatic rings.